The third kappa shape index (κ3) is 2.98. The summed E-state index contributed by atoms with van der Waals surface area (Å²) in [5.41, 5.74) is 1.15. The zero-order chi connectivity index (χ0) is 13.1. The van der Waals surface area contributed by atoms with Gasteiger partial charge in [-0.15, -0.1) is 0 Å². The Morgan fingerprint density at radius 1 is 1.37 bits per heavy atom. The Morgan fingerprint density at radius 2 is 2.21 bits per heavy atom. The van der Waals surface area contributed by atoms with Gasteiger partial charge >= 0.3 is 0 Å². The van der Waals surface area contributed by atoms with E-state index in [1.54, 1.807) is 12.4 Å². The molecule has 1 aliphatic heterocycles. The van der Waals surface area contributed by atoms with Crippen molar-refractivity contribution in [1.82, 2.24) is 20.4 Å². The van der Waals surface area contributed by atoms with Crippen LogP contribution >= 0.6 is 0 Å². The van der Waals surface area contributed by atoms with E-state index < -0.39 is 0 Å². The van der Waals surface area contributed by atoms with Crippen LogP contribution in [0.25, 0.3) is 0 Å². The second-order valence-electron chi connectivity index (χ2n) is 5.16. The highest BCUT2D eigenvalue weighted by atomic mass is 16.5. The summed E-state index contributed by atoms with van der Waals surface area (Å²) in [7, 11) is 0. The second-order valence-corrected chi connectivity index (χ2v) is 5.16. The Bertz CT molecular complexity index is 525. The monoisotopic (exact) mass is 258 g/mol. The Morgan fingerprint density at radius 3 is 3.00 bits per heavy atom. The van der Waals surface area contributed by atoms with Crippen molar-refractivity contribution < 1.29 is 4.52 Å². The normalized spacial score (nSPS) is 23.4. The molecule has 100 valence electrons. The number of nitrogens with zero attached hydrogens (tertiary/aromatic N) is 3. The highest BCUT2D eigenvalue weighted by molar-refractivity contribution is 5.15. The van der Waals surface area contributed by atoms with Crippen LogP contribution in [0.4, 0.5) is 0 Å². The van der Waals surface area contributed by atoms with Gasteiger partial charge in [-0.3, -0.25) is 4.98 Å². The summed E-state index contributed by atoms with van der Waals surface area (Å²) in [5, 5.41) is 7.52. The summed E-state index contributed by atoms with van der Waals surface area (Å²) >= 11 is 0. The van der Waals surface area contributed by atoms with E-state index in [-0.39, 0.29) is 0 Å². The summed E-state index contributed by atoms with van der Waals surface area (Å²) in [6.07, 6.45) is 6.40. The predicted octanol–water partition coefficient (Wildman–Crippen LogP) is 1.91. The molecule has 0 spiro atoms. The van der Waals surface area contributed by atoms with Crippen molar-refractivity contribution in [2.24, 2.45) is 0 Å². The number of aromatic nitrogens is 3. The first-order chi connectivity index (χ1) is 9.31. The molecule has 19 heavy (non-hydrogen) atoms. The van der Waals surface area contributed by atoms with Gasteiger partial charge in [-0.1, -0.05) is 5.16 Å². The molecule has 0 saturated carbocycles. The summed E-state index contributed by atoms with van der Waals surface area (Å²) in [6.45, 7) is 3.22. The Kier molecular flexibility index (Phi) is 3.55. The molecule has 3 rings (SSSR count). The zero-order valence-electron chi connectivity index (χ0n) is 11.0. The van der Waals surface area contributed by atoms with E-state index in [9.17, 15) is 0 Å². The van der Waals surface area contributed by atoms with Crippen molar-refractivity contribution in [3.05, 3.63) is 41.8 Å². The van der Waals surface area contributed by atoms with E-state index in [1.807, 2.05) is 12.1 Å². The fourth-order valence-electron chi connectivity index (χ4n) is 2.54. The van der Waals surface area contributed by atoms with Gasteiger partial charge in [-0.25, -0.2) is 0 Å². The van der Waals surface area contributed by atoms with Gasteiger partial charge in [0.25, 0.3) is 0 Å². The van der Waals surface area contributed by atoms with E-state index in [4.69, 9.17) is 4.52 Å². The lowest BCUT2D eigenvalue weighted by molar-refractivity contribution is 0.294. The molecule has 2 aromatic rings. The van der Waals surface area contributed by atoms with Crippen molar-refractivity contribution in [2.75, 3.05) is 6.54 Å². The highest BCUT2D eigenvalue weighted by Crippen LogP contribution is 2.26. The standard InChI is InChI=1S/C14H18N4O/c1-10-8-12(4-7-16-10)14-17-13(18-19-14)9-11-2-5-15-6-3-11/h2-3,5-6,10,12,16H,4,7-9H2,1H3. The van der Waals surface area contributed by atoms with E-state index in [2.05, 4.69) is 27.4 Å². The van der Waals surface area contributed by atoms with Crippen molar-refractivity contribution in [1.29, 1.82) is 0 Å². The molecule has 0 amide bonds. The van der Waals surface area contributed by atoms with Crippen LogP contribution in [-0.2, 0) is 6.42 Å². The van der Waals surface area contributed by atoms with Crippen LogP contribution in [0.5, 0.6) is 0 Å². The van der Waals surface area contributed by atoms with Gasteiger partial charge in [0.2, 0.25) is 5.89 Å². The van der Waals surface area contributed by atoms with E-state index in [0.29, 0.717) is 18.4 Å². The fraction of sp³-hybridized carbons (Fsp3) is 0.500. The third-order valence-electron chi connectivity index (χ3n) is 3.57. The average Bonchev–Trinajstić information content (AvgIpc) is 2.88. The average molecular weight is 258 g/mol. The van der Waals surface area contributed by atoms with Crippen LogP contribution in [0, 0.1) is 0 Å². The molecule has 0 radical (unpaired) electrons. The van der Waals surface area contributed by atoms with E-state index in [0.717, 1.165) is 36.7 Å². The van der Waals surface area contributed by atoms with Gasteiger partial charge < -0.3 is 9.84 Å². The van der Waals surface area contributed by atoms with Crippen molar-refractivity contribution >= 4 is 0 Å². The highest BCUT2D eigenvalue weighted by Gasteiger charge is 2.24. The lowest BCUT2D eigenvalue weighted by Crippen LogP contribution is -2.34. The number of hydrogen-bond donors (Lipinski definition) is 1. The molecular formula is C14H18N4O. The fourth-order valence-corrected chi connectivity index (χ4v) is 2.54. The largest absolute Gasteiger partial charge is 0.339 e. The molecular weight excluding hydrogens is 240 g/mol. The summed E-state index contributed by atoms with van der Waals surface area (Å²) in [4.78, 5) is 8.54. The molecule has 1 aliphatic rings. The SMILES string of the molecule is CC1CC(c2nc(Cc3ccncc3)no2)CCN1. The molecule has 2 aromatic heterocycles. The summed E-state index contributed by atoms with van der Waals surface area (Å²) in [5.74, 6) is 1.94. The molecule has 5 nitrogen and oxygen atoms in total. The number of hydrogen-bond acceptors (Lipinski definition) is 5. The molecule has 3 heterocycles. The first-order valence-electron chi connectivity index (χ1n) is 6.76. The summed E-state index contributed by atoms with van der Waals surface area (Å²) < 4.78 is 5.42. The maximum atomic E-state index is 5.42. The van der Waals surface area contributed by atoms with Crippen LogP contribution in [0.3, 0.4) is 0 Å². The molecule has 0 aromatic carbocycles. The van der Waals surface area contributed by atoms with Crippen molar-refractivity contribution in [3.8, 4) is 0 Å². The van der Waals surface area contributed by atoms with Crippen LogP contribution in [0.15, 0.2) is 29.0 Å². The van der Waals surface area contributed by atoms with Gasteiger partial charge in [0, 0.05) is 30.8 Å². The molecule has 1 fully saturated rings. The minimum absolute atomic E-state index is 0.398. The predicted molar refractivity (Wildman–Crippen MR) is 70.8 cm³/mol. The minimum atomic E-state index is 0.398. The second kappa shape index (κ2) is 5.48. The molecule has 1 saturated heterocycles. The molecule has 0 bridgehead atoms. The topological polar surface area (TPSA) is 63.8 Å². The maximum Gasteiger partial charge on any atom is 0.229 e. The molecule has 0 aliphatic carbocycles. The lowest BCUT2D eigenvalue weighted by atomic mass is 9.93. The van der Waals surface area contributed by atoms with Crippen LogP contribution in [0.1, 0.15) is 43.0 Å². The molecule has 1 N–H and O–H groups in total. The number of nitrogens with one attached hydrogen (secondary N) is 1. The van der Waals surface area contributed by atoms with E-state index in [1.165, 1.54) is 0 Å². The van der Waals surface area contributed by atoms with Gasteiger partial charge in [-0.2, -0.15) is 4.98 Å². The van der Waals surface area contributed by atoms with Crippen LogP contribution in [-0.4, -0.2) is 27.7 Å². The van der Waals surface area contributed by atoms with Gasteiger partial charge in [-0.05, 0) is 44.0 Å². The first kappa shape index (κ1) is 12.3. The zero-order valence-corrected chi connectivity index (χ0v) is 11.0. The van der Waals surface area contributed by atoms with Gasteiger partial charge in [0.05, 0.1) is 0 Å². The van der Waals surface area contributed by atoms with Crippen LogP contribution < -0.4 is 5.32 Å². The maximum absolute atomic E-state index is 5.42. The third-order valence-corrected chi connectivity index (χ3v) is 3.57. The first-order valence-corrected chi connectivity index (χ1v) is 6.76. The molecule has 2 atom stereocenters. The molecule has 5 heteroatoms. The number of rotatable bonds is 3. The Balaban J connectivity index is 1.69. The number of piperidine rings is 1. The Labute approximate surface area is 112 Å². The smallest absolute Gasteiger partial charge is 0.229 e. The van der Waals surface area contributed by atoms with Gasteiger partial charge in [0.15, 0.2) is 5.82 Å². The Hall–Kier alpha value is -1.75. The van der Waals surface area contributed by atoms with Crippen LogP contribution in [0.2, 0.25) is 0 Å². The van der Waals surface area contributed by atoms with Crippen molar-refractivity contribution in [2.45, 2.75) is 38.1 Å². The lowest BCUT2D eigenvalue weighted by Gasteiger charge is -2.25. The number of pyridine rings is 1. The quantitative estimate of drug-likeness (QED) is 0.911. The minimum Gasteiger partial charge on any atom is -0.339 e. The molecule has 2 unspecified atom stereocenters. The summed E-state index contributed by atoms with van der Waals surface area (Å²) in [6, 6.07) is 4.47. The van der Waals surface area contributed by atoms with Crippen molar-refractivity contribution in [3.63, 3.8) is 0 Å². The van der Waals surface area contributed by atoms with Gasteiger partial charge in [0.1, 0.15) is 0 Å². The van der Waals surface area contributed by atoms with E-state index >= 15 is 0 Å².